The lowest BCUT2D eigenvalue weighted by Gasteiger charge is -2.11. The van der Waals surface area contributed by atoms with Crippen molar-refractivity contribution in [3.63, 3.8) is 0 Å². The number of carboxylic acids is 1. The lowest BCUT2D eigenvalue weighted by atomic mass is 10.1. The van der Waals surface area contributed by atoms with E-state index in [1.807, 2.05) is 18.2 Å². The Morgan fingerprint density at radius 1 is 1.32 bits per heavy atom. The summed E-state index contributed by atoms with van der Waals surface area (Å²) in [5.74, 6) is -0.285. The summed E-state index contributed by atoms with van der Waals surface area (Å²) in [7, 11) is 0. The molecule has 0 aliphatic heterocycles. The van der Waals surface area contributed by atoms with E-state index >= 15 is 0 Å². The van der Waals surface area contributed by atoms with Gasteiger partial charge in [0.1, 0.15) is 21.9 Å². The topological polar surface area (TPSA) is 75.1 Å². The molecular formula is C16H15N3O2S. The molecule has 0 fully saturated rings. The second kappa shape index (κ2) is 5.73. The largest absolute Gasteiger partial charge is 0.477 e. The van der Waals surface area contributed by atoms with E-state index in [2.05, 4.69) is 28.3 Å². The zero-order valence-electron chi connectivity index (χ0n) is 12.3. The van der Waals surface area contributed by atoms with Crippen LogP contribution < -0.4 is 5.32 Å². The lowest BCUT2D eigenvalue weighted by Crippen LogP contribution is -1.99. The summed E-state index contributed by atoms with van der Waals surface area (Å²) in [6, 6.07) is 8.01. The van der Waals surface area contributed by atoms with Gasteiger partial charge in [0.25, 0.3) is 0 Å². The highest BCUT2D eigenvalue weighted by atomic mass is 32.1. The molecule has 6 heteroatoms. The number of carboxylic acid groups (broad SMARTS) is 1. The van der Waals surface area contributed by atoms with E-state index in [-0.39, 0.29) is 0 Å². The summed E-state index contributed by atoms with van der Waals surface area (Å²) in [6.07, 6.45) is 2.36. The second-order valence-electron chi connectivity index (χ2n) is 4.90. The number of carbonyl (C=O) groups is 1. The van der Waals surface area contributed by atoms with Gasteiger partial charge in [0, 0.05) is 5.69 Å². The van der Waals surface area contributed by atoms with E-state index < -0.39 is 5.97 Å². The van der Waals surface area contributed by atoms with Crippen molar-refractivity contribution in [3.8, 4) is 0 Å². The van der Waals surface area contributed by atoms with Crippen molar-refractivity contribution in [2.24, 2.45) is 0 Å². The van der Waals surface area contributed by atoms with Gasteiger partial charge >= 0.3 is 5.97 Å². The fourth-order valence-corrected chi connectivity index (χ4v) is 3.44. The number of benzene rings is 1. The molecule has 0 aliphatic rings. The van der Waals surface area contributed by atoms with Gasteiger partial charge in [0.2, 0.25) is 0 Å². The number of rotatable bonds is 4. The molecule has 0 saturated carbocycles. The van der Waals surface area contributed by atoms with Crippen LogP contribution in [-0.2, 0) is 6.42 Å². The fourth-order valence-electron chi connectivity index (χ4n) is 2.45. The maximum absolute atomic E-state index is 11.3. The van der Waals surface area contributed by atoms with Crippen LogP contribution in [0.4, 0.5) is 11.5 Å². The predicted octanol–water partition coefficient (Wildman–Crippen LogP) is 4.00. The number of aromatic carboxylic acids is 1. The van der Waals surface area contributed by atoms with Crippen LogP contribution in [0.5, 0.6) is 0 Å². The van der Waals surface area contributed by atoms with Crippen LogP contribution in [0.25, 0.3) is 10.2 Å². The van der Waals surface area contributed by atoms with Crippen LogP contribution in [0, 0.1) is 6.92 Å². The summed E-state index contributed by atoms with van der Waals surface area (Å²) < 4.78 is 0. The minimum atomic E-state index is -0.930. The second-order valence-corrected chi connectivity index (χ2v) is 5.90. The normalized spacial score (nSPS) is 10.8. The Kier molecular flexibility index (Phi) is 3.77. The molecule has 22 heavy (non-hydrogen) atoms. The lowest BCUT2D eigenvalue weighted by molar-refractivity contribution is 0.0701. The maximum Gasteiger partial charge on any atom is 0.346 e. The molecule has 2 heterocycles. The molecule has 1 aromatic carbocycles. The van der Waals surface area contributed by atoms with Crippen molar-refractivity contribution in [3.05, 3.63) is 46.6 Å². The first-order chi connectivity index (χ1) is 10.6. The third-order valence-electron chi connectivity index (χ3n) is 3.57. The van der Waals surface area contributed by atoms with Crippen LogP contribution in [-0.4, -0.2) is 21.0 Å². The molecule has 2 N–H and O–H groups in total. The van der Waals surface area contributed by atoms with Gasteiger partial charge in [-0.25, -0.2) is 14.8 Å². The molecule has 0 unspecified atom stereocenters. The summed E-state index contributed by atoms with van der Waals surface area (Å²) in [5.41, 5.74) is 2.86. The fraction of sp³-hybridized carbons (Fsp3) is 0.188. The Hall–Kier alpha value is -2.47. The number of aryl methyl sites for hydroxylation is 2. The number of hydrogen-bond acceptors (Lipinski definition) is 5. The van der Waals surface area contributed by atoms with Crippen LogP contribution >= 0.6 is 11.3 Å². The third-order valence-corrected chi connectivity index (χ3v) is 4.76. The van der Waals surface area contributed by atoms with Crippen LogP contribution in [0.3, 0.4) is 0 Å². The predicted molar refractivity (Wildman–Crippen MR) is 88.2 cm³/mol. The Balaban J connectivity index is 2.13. The average Bonchev–Trinajstić information content (AvgIpc) is 2.86. The standard InChI is InChI=1S/C16H15N3O2S/c1-3-10-6-4-5-7-11(10)19-14-12-9(2)13(16(20)21)22-15(12)18-8-17-14/h4-8H,3H2,1-2H3,(H,20,21)(H,17,18,19). The highest BCUT2D eigenvalue weighted by molar-refractivity contribution is 7.20. The van der Waals surface area contributed by atoms with Crippen molar-refractivity contribution in [1.82, 2.24) is 9.97 Å². The van der Waals surface area contributed by atoms with Gasteiger partial charge in [-0.3, -0.25) is 0 Å². The van der Waals surface area contributed by atoms with E-state index in [0.29, 0.717) is 21.1 Å². The van der Waals surface area contributed by atoms with E-state index in [9.17, 15) is 9.90 Å². The van der Waals surface area contributed by atoms with Crippen molar-refractivity contribution < 1.29 is 9.90 Å². The SMILES string of the molecule is CCc1ccccc1Nc1ncnc2sc(C(=O)O)c(C)c12. The van der Waals surface area contributed by atoms with Crippen LogP contribution in [0.1, 0.15) is 27.7 Å². The van der Waals surface area contributed by atoms with Gasteiger partial charge in [-0.2, -0.15) is 0 Å². The number of nitrogens with one attached hydrogen (secondary N) is 1. The van der Waals surface area contributed by atoms with Crippen molar-refractivity contribution in [2.45, 2.75) is 20.3 Å². The first kappa shape index (κ1) is 14.5. The molecule has 0 spiro atoms. The Labute approximate surface area is 131 Å². The van der Waals surface area contributed by atoms with Gasteiger partial charge in [0.05, 0.1) is 5.39 Å². The zero-order chi connectivity index (χ0) is 15.7. The molecule has 0 aliphatic carbocycles. The highest BCUT2D eigenvalue weighted by Crippen LogP contribution is 2.34. The van der Waals surface area contributed by atoms with Crippen molar-refractivity contribution in [2.75, 3.05) is 5.32 Å². The monoisotopic (exact) mass is 313 g/mol. The number of para-hydroxylation sites is 1. The van der Waals surface area contributed by atoms with E-state index in [1.165, 1.54) is 23.2 Å². The molecule has 0 radical (unpaired) electrons. The van der Waals surface area contributed by atoms with Crippen molar-refractivity contribution in [1.29, 1.82) is 0 Å². The molecule has 0 saturated heterocycles. The smallest absolute Gasteiger partial charge is 0.346 e. The van der Waals surface area contributed by atoms with Gasteiger partial charge in [-0.1, -0.05) is 25.1 Å². The number of nitrogens with zero attached hydrogens (tertiary/aromatic N) is 2. The third kappa shape index (κ3) is 2.42. The molecule has 3 aromatic rings. The van der Waals surface area contributed by atoms with Gasteiger partial charge in [-0.15, -0.1) is 11.3 Å². The first-order valence-corrected chi connectivity index (χ1v) is 7.75. The molecule has 3 rings (SSSR count). The summed E-state index contributed by atoms with van der Waals surface area (Å²) in [4.78, 5) is 20.8. The number of hydrogen-bond donors (Lipinski definition) is 2. The Morgan fingerprint density at radius 3 is 2.82 bits per heavy atom. The number of aromatic nitrogens is 2. The minimum absolute atomic E-state index is 0.308. The van der Waals surface area contributed by atoms with Crippen LogP contribution in [0.2, 0.25) is 0 Å². The average molecular weight is 313 g/mol. The number of thiophene rings is 1. The van der Waals surface area contributed by atoms with Gasteiger partial charge in [-0.05, 0) is 30.5 Å². The first-order valence-electron chi connectivity index (χ1n) is 6.94. The van der Waals surface area contributed by atoms with Crippen LogP contribution in [0.15, 0.2) is 30.6 Å². The summed E-state index contributed by atoms with van der Waals surface area (Å²) >= 11 is 1.18. The number of fused-ring (bicyclic) bond motifs is 1. The summed E-state index contributed by atoms with van der Waals surface area (Å²) in [6.45, 7) is 3.89. The molecule has 0 atom stereocenters. The quantitative estimate of drug-likeness (QED) is 0.761. The van der Waals surface area contributed by atoms with E-state index in [0.717, 1.165) is 17.5 Å². The van der Waals surface area contributed by atoms with E-state index in [1.54, 1.807) is 6.92 Å². The highest BCUT2D eigenvalue weighted by Gasteiger charge is 2.18. The summed E-state index contributed by atoms with van der Waals surface area (Å²) in [5, 5.41) is 13.4. The molecule has 0 amide bonds. The van der Waals surface area contributed by atoms with Gasteiger partial charge < -0.3 is 10.4 Å². The Bertz CT molecular complexity index is 858. The minimum Gasteiger partial charge on any atom is -0.477 e. The maximum atomic E-state index is 11.3. The Morgan fingerprint density at radius 2 is 2.09 bits per heavy atom. The van der Waals surface area contributed by atoms with Crippen molar-refractivity contribution >= 4 is 39.0 Å². The number of anilines is 2. The molecule has 0 bridgehead atoms. The molecule has 5 nitrogen and oxygen atoms in total. The van der Waals surface area contributed by atoms with E-state index in [4.69, 9.17) is 0 Å². The van der Waals surface area contributed by atoms with Gasteiger partial charge in [0.15, 0.2) is 0 Å². The zero-order valence-corrected chi connectivity index (χ0v) is 13.1. The molecule has 2 aromatic heterocycles. The molecule has 112 valence electrons. The molecular weight excluding hydrogens is 298 g/mol.